The summed E-state index contributed by atoms with van der Waals surface area (Å²) in [6.07, 6.45) is 2.22. The van der Waals surface area contributed by atoms with Gasteiger partial charge in [-0.1, -0.05) is 12.1 Å². The fourth-order valence-electron chi connectivity index (χ4n) is 4.03. The Hall–Kier alpha value is -1.02. The first-order valence-corrected chi connectivity index (χ1v) is 8.54. The molecule has 1 aliphatic carbocycles. The Morgan fingerprint density at radius 1 is 1.23 bits per heavy atom. The van der Waals surface area contributed by atoms with Crippen LogP contribution in [-0.2, 0) is 0 Å². The van der Waals surface area contributed by atoms with E-state index in [0.29, 0.717) is 17.5 Å². The fraction of sp³-hybridized carbons (Fsp3) is 0.500. The molecule has 0 N–H and O–H groups in total. The van der Waals surface area contributed by atoms with Gasteiger partial charge in [0.05, 0.1) is 17.7 Å². The second-order valence-corrected chi connectivity index (χ2v) is 7.66. The van der Waals surface area contributed by atoms with E-state index in [1.54, 1.807) is 24.3 Å². The Balaban J connectivity index is 1.56. The minimum absolute atomic E-state index is 0.0672. The van der Waals surface area contributed by atoms with Crippen molar-refractivity contribution in [1.29, 1.82) is 0 Å². The molecular formula is C16H16FIN2O2. The van der Waals surface area contributed by atoms with E-state index >= 15 is 4.39 Å². The van der Waals surface area contributed by atoms with Crippen LogP contribution in [0.25, 0.3) is 0 Å². The van der Waals surface area contributed by atoms with Gasteiger partial charge in [-0.2, -0.15) is 0 Å². The first kappa shape index (κ1) is 14.6. The molecule has 0 bridgehead atoms. The number of hydrogen-bond acceptors (Lipinski definition) is 3. The summed E-state index contributed by atoms with van der Waals surface area (Å²) in [5.74, 6) is -0.783. The highest BCUT2D eigenvalue weighted by atomic mass is 127. The first-order valence-electron chi connectivity index (χ1n) is 7.58. The number of carbonyl (C=O) groups is 2. The maximum atomic E-state index is 15.3. The third-order valence-corrected chi connectivity index (χ3v) is 6.42. The normalized spacial score (nSPS) is 34.4. The number of amides is 2. The van der Waals surface area contributed by atoms with Gasteiger partial charge in [0.1, 0.15) is 5.67 Å². The largest absolute Gasteiger partial charge is 0.271 e. The van der Waals surface area contributed by atoms with Crippen LogP contribution in [0.15, 0.2) is 24.3 Å². The topological polar surface area (TPSA) is 40.6 Å². The van der Waals surface area contributed by atoms with Gasteiger partial charge in [0.15, 0.2) is 0 Å². The lowest BCUT2D eigenvalue weighted by atomic mass is 9.63. The van der Waals surface area contributed by atoms with E-state index in [1.807, 2.05) is 0 Å². The monoisotopic (exact) mass is 414 g/mol. The van der Waals surface area contributed by atoms with Crippen LogP contribution in [0, 0.1) is 5.92 Å². The lowest BCUT2D eigenvalue weighted by Gasteiger charge is -2.55. The predicted octanol–water partition coefficient (Wildman–Crippen LogP) is 2.83. The van der Waals surface area contributed by atoms with Crippen molar-refractivity contribution in [2.45, 2.75) is 31.0 Å². The molecule has 4 rings (SSSR count). The molecular weight excluding hydrogens is 398 g/mol. The van der Waals surface area contributed by atoms with Gasteiger partial charge in [-0.15, -0.1) is 0 Å². The van der Waals surface area contributed by atoms with Gasteiger partial charge in [-0.25, -0.2) is 7.50 Å². The number of rotatable bonds is 2. The van der Waals surface area contributed by atoms with E-state index in [0.717, 1.165) is 24.3 Å². The Bertz CT molecular complexity index is 632. The Morgan fingerprint density at radius 2 is 1.86 bits per heavy atom. The molecule has 2 amide bonds. The van der Waals surface area contributed by atoms with Gasteiger partial charge in [-0.05, 0) is 25.0 Å². The van der Waals surface area contributed by atoms with Crippen LogP contribution in [-0.4, -0.2) is 44.6 Å². The van der Waals surface area contributed by atoms with E-state index < -0.39 is 5.67 Å². The van der Waals surface area contributed by atoms with Gasteiger partial charge >= 0.3 is 0 Å². The van der Waals surface area contributed by atoms with Crippen molar-refractivity contribution in [3.05, 3.63) is 35.4 Å². The zero-order valence-electron chi connectivity index (χ0n) is 12.0. The van der Waals surface area contributed by atoms with E-state index in [1.165, 1.54) is 0 Å². The van der Waals surface area contributed by atoms with E-state index in [4.69, 9.17) is 0 Å². The molecule has 1 saturated heterocycles. The van der Waals surface area contributed by atoms with Crippen molar-refractivity contribution < 1.29 is 14.0 Å². The molecule has 1 saturated carbocycles. The summed E-state index contributed by atoms with van der Waals surface area (Å²) in [4.78, 5) is 25.9. The molecule has 2 heterocycles. The van der Waals surface area contributed by atoms with Crippen LogP contribution in [0.2, 0.25) is 0 Å². The van der Waals surface area contributed by atoms with Crippen LogP contribution in [0.4, 0.5) is 4.39 Å². The molecule has 3 unspecified atom stereocenters. The summed E-state index contributed by atoms with van der Waals surface area (Å²) >= 11 is 2.26. The molecule has 0 radical (unpaired) electrons. The van der Waals surface area contributed by atoms with Crippen LogP contribution >= 0.6 is 22.9 Å². The van der Waals surface area contributed by atoms with Crippen molar-refractivity contribution in [2.24, 2.45) is 5.92 Å². The smallest absolute Gasteiger partial charge is 0.261 e. The molecule has 0 aromatic heterocycles. The van der Waals surface area contributed by atoms with Crippen LogP contribution in [0.3, 0.4) is 0 Å². The van der Waals surface area contributed by atoms with Crippen molar-refractivity contribution >= 4 is 34.7 Å². The number of benzene rings is 1. The zero-order chi connectivity index (χ0) is 15.5. The number of imide groups is 1. The van der Waals surface area contributed by atoms with Crippen LogP contribution < -0.4 is 0 Å². The molecule has 1 aromatic rings. The molecule has 2 aliphatic heterocycles. The number of nitrogens with zero attached hydrogens (tertiary/aromatic N) is 2. The number of carbonyl (C=O) groups excluding carboxylic acids is 2. The Labute approximate surface area is 142 Å². The summed E-state index contributed by atoms with van der Waals surface area (Å²) in [7, 11) is 0. The molecule has 116 valence electrons. The second kappa shape index (κ2) is 4.99. The zero-order valence-corrected chi connectivity index (χ0v) is 14.1. The quantitative estimate of drug-likeness (QED) is 0.425. The highest BCUT2D eigenvalue weighted by Crippen LogP contribution is 2.51. The van der Waals surface area contributed by atoms with Gasteiger partial charge < -0.3 is 0 Å². The molecule has 6 heteroatoms. The van der Waals surface area contributed by atoms with Gasteiger partial charge in [0.2, 0.25) is 0 Å². The molecule has 1 aromatic carbocycles. The molecule has 0 spiro atoms. The van der Waals surface area contributed by atoms with Gasteiger partial charge in [-0.3, -0.25) is 14.5 Å². The third kappa shape index (κ3) is 1.96. The molecule has 22 heavy (non-hydrogen) atoms. The summed E-state index contributed by atoms with van der Waals surface area (Å²) in [5, 5.41) is 0. The summed E-state index contributed by atoms with van der Waals surface area (Å²) < 4.78 is 17.4. The standard InChI is InChI=1S/C16H16FIN2O2/c17-16(8-13-12(16)6-3-7-20(13)18)9-19-14(21)10-4-1-2-5-11(10)15(19)22/h1-2,4-5,12-13H,3,6-9H2. The highest BCUT2D eigenvalue weighted by Gasteiger charge is 2.59. The second-order valence-electron chi connectivity index (χ2n) is 6.42. The van der Waals surface area contributed by atoms with E-state index in [9.17, 15) is 9.59 Å². The molecule has 4 nitrogen and oxygen atoms in total. The van der Waals surface area contributed by atoms with Crippen molar-refractivity contribution in [2.75, 3.05) is 13.1 Å². The minimum Gasteiger partial charge on any atom is -0.271 e. The molecule has 3 atom stereocenters. The number of alkyl halides is 1. The maximum Gasteiger partial charge on any atom is 0.261 e. The van der Waals surface area contributed by atoms with Gasteiger partial charge in [0.25, 0.3) is 11.8 Å². The summed E-state index contributed by atoms with van der Waals surface area (Å²) in [6.45, 7) is 0.885. The Morgan fingerprint density at radius 3 is 2.50 bits per heavy atom. The van der Waals surface area contributed by atoms with Crippen LogP contribution in [0.1, 0.15) is 40.0 Å². The van der Waals surface area contributed by atoms with Crippen LogP contribution in [0.5, 0.6) is 0 Å². The average molecular weight is 414 g/mol. The van der Waals surface area contributed by atoms with Crippen molar-refractivity contribution in [3.8, 4) is 0 Å². The Kier molecular flexibility index (Phi) is 3.30. The maximum absolute atomic E-state index is 15.3. The number of fused-ring (bicyclic) bond motifs is 2. The summed E-state index contributed by atoms with van der Waals surface area (Å²) in [6, 6.07) is 6.98. The predicted molar refractivity (Wildman–Crippen MR) is 87.5 cm³/mol. The fourth-order valence-corrected chi connectivity index (χ4v) is 4.95. The van der Waals surface area contributed by atoms with Gasteiger partial charge in [0, 0.05) is 47.8 Å². The molecule has 3 aliphatic rings. The highest BCUT2D eigenvalue weighted by molar-refractivity contribution is 14.1. The summed E-state index contributed by atoms with van der Waals surface area (Å²) in [5.41, 5.74) is -0.640. The van der Waals surface area contributed by atoms with Crippen molar-refractivity contribution in [3.63, 3.8) is 0 Å². The minimum atomic E-state index is -1.43. The van der Waals surface area contributed by atoms with E-state index in [2.05, 4.69) is 26.0 Å². The van der Waals surface area contributed by atoms with Crippen molar-refractivity contribution in [1.82, 2.24) is 8.01 Å². The average Bonchev–Trinajstić information content (AvgIpc) is 2.74. The number of hydrogen-bond donors (Lipinski definition) is 0. The lowest BCUT2D eigenvalue weighted by Crippen LogP contribution is -2.65. The first-order chi connectivity index (χ1) is 10.5. The molecule has 2 fully saturated rings. The SMILES string of the molecule is O=C1c2ccccc2C(=O)N1CC1(F)CC2C1CCCN2I. The van der Waals surface area contributed by atoms with E-state index in [-0.39, 0.29) is 30.3 Å². The lowest BCUT2D eigenvalue weighted by molar-refractivity contribution is -0.0964. The number of halogens is 2. The third-order valence-electron chi connectivity index (χ3n) is 5.22. The number of piperidine rings is 1.